The van der Waals surface area contributed by atoms with Crippen molar-refractivity contribution in [2.75, 3.05) is 0 Å². The van der Waals surface area contributed by atoms with Gasteiger partial charge in [-0.2, -0.15) is 0 Å². The number of benzene rings is 6. The highest BCUT2D eigenvalue weighted by atomic mass is 16.3. The second-order valence-corrected chi connectivity index (χ2v) is 10.8. The van der Waals surface area contributed by atoms with Crippen LogP contribution in [0.2, 0.25) is 0 Å². The Kier molecular flexibility index (Phi) is 5.97. The van der Waals surface area contributed by atoms with E-state index in [4.69, 9.17) is 0 Å². The Labute approximate surface area is 240 Å². The molecule has 198 valence electrons. The Morgan fingerprint density at radius 3 is 1.22 bits per heavy atom. The molecule has 0 aliphatic heterocycles. The fourth-order valence-electron chi connectivity index (χ4n) is 6.59. The van der Waals surface area contributed by atoms with Crippen molar-refractivity contribution in [3.63, 3.8) is 0 Å². The van der Waals surface area contributed by atoms with Crippen LogP contribution in [0, 0.1) is 6.92 Å². The third-order valence-corrected chi connectivity index (χ3v) is 8.46. The molecule has 0 aromatic heterocycles. The maximum atomic E-state index is 13.2. The van der Waals surface area contributed by atoms with Crippen molar-refractivity contribution in [2.45, 2.75) is 18.1 Å². The van der Waals surface area contributed by atoms with Crippen LogP contribution in [0.1, 0.15) is 38.9 Å². The molecule has 7 rings (SSSR count). The van der Waals surface area contributed by atoms with Crippen LogP contribution in [0.15, 0.2) is 152 Å². The van der Waals surface area contributed by atoms with Gasteiger partial charge in [-0.05, 0) is 51.4 Å². The quantitative estimate of drug-likeness (QED) is 0.241. The van der Waals surface area contributed by atoms with Crippen molar-refractivity contribution in [2.24, 2.45) is 0 Å². The lowest BCUT2D eigenvalue weighted by atomic mass is 9.62. The second-order valence-electron chi connectivity index (χ2n) is 10.8. The van der Waals surface area contributed by atoms with Gasteiger partial charge in [0.25, 0.3) is 0 Å². The fourth-order valence-corrected chi connectivity index (χ4v) is 6.59. The lowest BCUT2D eigenvalue weighted by Gasteiger charge is -2.46. The standard InChI is InChI=1S/C39H30O2/c1-27-24-25-36-37(26-27)39(41,33-21-11-9-19-31(33)29-16-6-3-7-17-29)35-23-13-12-22-34(35)38(36,40)32-20-10-8-18-30(32)28-14-4-2-5-15-28/h2-26,40-41H,1H3. The number of aryl methyl sites for hydroxylation is 1. The molecule has 1 aliphatic carbocycles. The third-order valence-electron chi connectivity index (χ3n) is 8.46. The Hall–Kier alpha value is -4.76. The summed E-state index contributed by atoms with van der Waals surface area (Å²) in [5.74, 6) is 0. The summed E-state index contributed by atoms with van der Waals surface area (Å²) in [5.41, 5.74) is 6.23. The minimum Gasteiger partial charge on any atom is -0.376 e. The highest BCUT2D eigenvalue weighted by Gasteiger charge is 2.52. The molecule has 0 radical (unpaired) electrons. The molecule has 0 saturated heterocycles. The number of aliphatic hydroxyl groups is 2. The number of rotatable bonds is 4. The smallest absolute Gasteiger partial charge is 0.141 e. The van der Waals surface area contributed by atoms with Crippen LogP contribution in [0.4, 0.5) is 0 Å². The summed E-state index contributed by atoms with van der Waals surface area (Å²) < 4.78 is 0. The van der Waals surface area contributed by atoms with E-state index in [-0.39, 0.29) is 0 Å². The zero-order chi connectivity index (χ0) is 28.0. The first-order valence-corrected chi connectivity index (χ1v) is 14.0. The van der Waals surface area contributed by atoms with Gasteiger partial charge in [-0.15, -0.1) is 0 Å². The molecule has 41 heavy (non-hydrogen) atoms. The van der Waals surface area contributed by atoms with Gasteiger partial charge in [0.1, 0.15) is 11.2 Å². The Morgan fingerprint density at radius 1 is 0.366 bits per heavy atom. The summed E-state index contributed by atoms with van der Waals surface area (Å²) in [7, 11) is 0. The van der Waals surface area contributed by atoms with Gasteiger partial charge in [-0.3, -0.25) is 0 Å². The van der Waals surface area contributed by atoms with E-state index in [1.165, 1.54) is 0 Å². The molecule has 0 amide bonds. The van der Waals surface area contributed by atoms with Gasteiger partial charge in [-0.25, -0.2) is 0 Å². The summed E-state index contributed by atoms with van der Waals surface area (Å²) in [6.07, 6.45) is 0. The van der Waals surface area contributed by atoms with Gasteiger partial charge >= 0.3 is 0 Å². The van der Waals surface area contributed by atoms with Crippen molar-refractivity contribution in [1.29, 1.82) is 0 Å². The van der Waals surface area contributed by atoms with Crippen LogP contribution < -0.4 is 0 Å². The Morgan fingerprint density at radius 2 is 0.732 bits per heavy atom. The summed E-state index contributed by atoms with van der Waals surface area (Å²) in [4.78, 5) is 0. The van der Waals surface area contributed by atoms with E-state index >= 15 is 0 Å². The first-order chi connectivity index (χ1) is 20.0. The predicted molar refractivity (Wildman–Crippen MR) is 166 cm³/mol. The summed E-state index contributed by atoms with van der Waals surface area (Å²) in [6.45, 7) is 2.03. The summed E-state index contributed by atoms with van der Waals surface area (Å²) in [6, 6.07) is 50.3. The van der Waals surface area contributed by atoms with E-state index in [1.54, 1.807) is 0 Å². The minimum absolute atomic E-state index is 0.671. The van der Waals surface area contributed by atoms with Gasteiger partial charge in [-0.1, -0.05) is 157 Å². The molecule has 2 unspecified atom stereocenters. The maximum Gasteiger partial charge on any atom is 0.141 e. The molecule has 6 aromatic carbocycles. The molecule has 2 heteroatoms. The van der Waals surface area contributed by atoms with Crippen molar-refractivity contribution in [1.82, 2.24) is 0 Å². The maximum absolute atomic E-state index is 13.2. The summed E-state index contributed by atoms with van der Waals surface area (Å²) >= 11 is 0. The highest BCUT2D eigenvalue weighted by Crippen LogP contribution is 2.55. The molecule has 0 fully saturated rings. The van der Waals surface area contributed by atoms with E-state index in [2.05, 4.69) is 36.4 Å². The van der Waals surface area contributed by atoms with E-state index in [0.717, 1.165) is 38.9 Å². The van der Waals surface area contributed by atoms with Crippen molar-refractivity contribution < 1.29 is 10.2 Å². The zero-order valence-electron chi connectivity index (χ0n) is 22.8. The van der Waals surface area contributed by atoms with Gasteiger partial charge < -0.3 is 10.2 Å². The second kappa shape index (κ2) is 9.71. The molecule has 0 saturated carbocycles. The zero-order valence-corrected chi connectivity index (χ0v) is 22.8. The molecular formula is C39H30O2. The molecule has 0 bridgehead atoms. The molecule has 2 N–H and O–H groups in total. The molecule has 6 aromatic rings. The molecular weight excluding hydrogens is 500 g/mol. The van der Waals surface area contributed by atoms with Crippen LogP contribution in [0.5, 0.6) is 0 Å². The van der Waals surface area contributed by atoms with Crippen LogP contribution >= 0.6 is 0 Å². The summed E-state index contributed by atoms with van der Waals surface area (Å²) in [5, 5.41) is 26.3. The van der Waals surface area contributed by atoms with Crippen LogP contribution in [0.25, 0.3) is 22.3 Å². The molecule has 0 heterocycles. The van der Waals surface area contributed by atoms with E-state index < -0.39 is 11.2 Å². The third kappa shape index (κ3) is 3.80. The normalized spacial score (nSPS) is 19.3. The van der Waals surface area contributed by atoms with E-state index in [0.29, 0.717) is 22.3 Å². The van der Waals surface area contributed by atoms with Gasteiger partial charge in [0.05, 0.1) is 0 Å². The van der Waals surface area contributed by atoms with Crippen molar-refractivity contribution in [3.8, 4) is 22.3 Å². The van der Waals surface area contributed by atoms with E-state index in [9.17, 15) is 10.2 Å². The molecule has 2 atom stereocenters. The van der Waals surface area contributed by atoms with Crippen LogP contribution in [-0.2, 0) is 11.2 Å². The average molecular weight is 531 g/mol. The minimum atomic E-state index is -1.50. The number of hydrogen-bond acceptors (Lipinski definition) is 2. The number of fused-ring (bicyclic) bond motifs is 2. The first-order valence-electron chi connectivity index (χ1n) is 14.0. The SMILES string of the molecule is Cc1ccc2c(c1)C(O)(c1ccccc1-c1ccccc1)c1ccccc1C2(O)c1ccccc1-c1ccccc1. The molecule has 1 aliphatic rings. The molecule has 2 nitrogen and oxygen atoms in total. The van der Waals surface area contributed by atoms with Gasteiger partial charge in [0, 0.05) is 11.1 Å². The van der Waals surface area contributed by atoms with Crippen molar-refractivity contribution >= 4 is 0 Å². The lowest BCUT2D eigenvalue weighted by molar-refractivity contribution is 0.0753. The average Bonchev–Trinajstić information content (AvgIpc) is 3.04. The molecule has 0 spiro atoms. The van der Waals surface area contributed by atoms with Gasteiger partial charge in [0.15, 0.2) is 0 Å². The van der Waals surface area contributed by atoms with E-state index in [1.807, 2.05) is 122 Å². The van der Waals surface area contributed by atoms with Gasteiger partial charge in [0.2, 0.25) is 0 Å². The fraction of sp³-hybridized carbons (Fsp3) is 0.0769. The largest absolute Gasteiger partial charge is 0.376 e. The lowest BCUT2D eigenvalue weighted by Crippen LogP contribution is -2.44. The Balaban J connectivity index is 1.58. The van der Waals surface area contributed by atoms with Crippen LogP contribution in [-0.4, -0.2) is 10.2 Å². The van der Waals surface area contributed by atoms with Crippen LogP contribution in [0.3, 0.4) is 0 Å². The first kappa shape index (κ1) is 25.2. The predicted octanol–water partition coefficient (Wildman–Crippen LogP) is 8.21. The highest BCUT2D eigenvalue weighted by molar-refractivity contribution is 5.77. The topological polar surface area (TPSA) is 40.5 Å². The monoisotopic (exact) mass is 530 g/mol. The number of hydrogen-bond donors (Lipinski definition) is 2. The Bertz CT molecular complexity index is 1880. The van der Waals surface area contributed by atoms with Crippen molar-refractivity contribution in [3.05, 3.63) is 191 Å².